The van der Waals surface area contributed by atoms with E-state index in [1.807, 2.05) is 6.07 Å². The summed E-state index contributed by atoms with van der Waals surface area (Å²) in [6, 6.07) is 7.60. The molecule has 104 valence electrons. The van der Waals surface area contributed by atoms with E-state index in [0.29, 0.717) is 11.6 Å². The molecule has 0 spiro atoms. The molecule has 2 rings (SSSR count). The Hall–Kier alpha value is -1.51. The average molecular weight is 261 g/mol. The van der Waals surface area contributed by atoms with E-state index in [2.05, 4.69) is 12.2 Å². The van der Waals surface area contributed by atoms with Gasteiger partial charge in [0, 0.05) is 11.7 Å². The quantitative estimate of drug-likeness (QED) is 0.837. The molecule has 0 aromatic heterocycles. The van der Waals surface area contributed by atoms with Crippen molar-refractivity contribution < 1.29 is 9.90 Å². The molecule has 1 aromatic carbocycles. The second-order valence-corrected chi connectivity index (χ2v) is 5.54. The fraction of sp³-hybridized carbons (Fsp3) is 0.562. The van der Waals surface area contributed by atoms with Gasteiger partial charge in [-0.1, -0.05) is 25.8 Å². The van der Waals surface area contributed by atoms with Crippen LogP contribution in [-0.2, 0) is 0 Å². The number of hydrogen-bond donors (Lipinski definition) is 2. The molecule has 2 N–H and O–H groups in total. The first-order valence-corrected chi connectivity index (χ1v) is 7.29. The Morgan fingerprint density at radius 2 is 2.05 bits per heavy atom. The first-order valence-electron chi connectivity index (χ1n) is 7.29. The van der Waals surface area contributed by atoms with Crippen LogP contribution in [0.1, 0.15) is 55.8 Å². The number of hydrogen-bond acceptors (Lipinski definition) is 2. The van der Waals surface area contributed by atoms with E-state index in [0.717, 1.165) is 11.6 Å². The van der Waals surface area contributed by atoms with Crippen LogP contribution in [0.25, 0.3) is 0 Å². The summed E-state index contributed by atoms with van der Waals surface area (Å²) in [5.41, 5.74) is 1.28. The third-order valence-electron chi connectivity index (χ3n) is 4.02. The summed E-state index contributed by atoms with van der Waals surface area (Å²) < 4.78 is 0. The van der Waals surface area contributed by atoms with Crippen LogP contribution in [0.15, 0.2) is 24.3 Å². The standard InChI is InChI=1S/C16H23NO2/c1-2-4-12-7-9-14(10-8-12)17-15-6-3-5-13(11-15)16(18)19/h3,5-6,11-12,14,17H,2,4,7-10H2,1H3,(H,18,19). The largest absolute Gasteiger partial charge is 0.478 e. The highest BCUT2D eigenvalue weighted by Gasteiger charge is 2.20. The molecule has 0 radical (unpaired) electrons. The maximum atomic E-state index is 10.9. The lowest BCUT2D eigenvalue weighted by Crippen LogP contribution is -2.26. The van der Waals surface area contributed by atoms with Gasteiger partial charge in [-0.2, -0.15) is 0 Å². The second-order valence-electron chi connectivity index (χ2n) is 5.54. The van der Waals surface area contributed by atoms with Crippen molar-refractivity contribution in [3.8, 4) is 0 Å². The van der Waals surface area contributed by atoms with Gasteiger partial charge in [-0.05, 0) is 49.8 Å². The highest BCUT2D eigenvalue weighted by molar-refractivity contribution is 5.88. The summed E-state index contributed by atoms with van der Waals surface area (Å²) >= 11 is 0. The second kappa shape index (κ2) is 6.60. The van der Waals surface area contributed by atoms with Gasteiger partial charge in [-0.15, -0.1) is 0 Å². The number of benzene rings is 1. The zero-order valence-corrected chi connectivity index (χ0v) is 11.6. The summed E-state index contributed by atoms with van der Waals surface area (Å²) in [5.74, 6) is 0.0312. The molecule has 0 heterocycles. The number of anilines is 1. The van der Waals surface area contributed by atoms with E-state index in [1.54, 1.807) is 18.2 Å². The van der Waals surface area contributed by atoms with Gasteiger partial charge in [0.2, 0.25) is 0 Å². The van der Waals surface area contributed by atoms with Gasteiger partial charge in [0.05, 0.1) is 5.56 Å². The molecule has 0 aliphatic heterocycles. The highest BCUT2D eigenvalue weighted by atomic mass is 16.4. The Labute approximate surface area is 115 Å². The molecule has 3 nitrogen and oxygen atoms in total. The molecule has 3 heteroatoms. The molecule has 0 bridgehead atoms. The number of carboxylic acids is 1. The fourth-order valence-electron chi connectivity index (χ4n) is 2.98. The molecular weight excluding hydrogens is 238 g/mol. The minimum atomic E-state index is -0.865. The van der Waals surface area contributed by atoms with E-state index in [-0.39, 0.29) is 0 Å². The maximum absolute atomic E-state index is 10.9. The lowest BCUT2D eigenvalue weighted by Gasteiger charge is -2.29. The average Bonchev–Trinajstić information content (AvgIpc) is 2.42. The molecule has 0 amide bonds. The monoisotopic (exact) mass is 261 g/mol. The maximum Gasteiger partial charge on any atom is 0.335 e. The minimum Gasteiger partial charge on any atom is -0.478 e. The van der Waals surface area contributed by atoms with Crippen molar-refractivity contribution in [1.82, 2.24) is 0 Å². The molecule has 1 aliphatic carbocycles. The summed E-state index contributed by atoms with van der Waals surface area (Å²) in [5, 5.41) is 12.5. The Morgan fingerprint density at radius 1 is 1.32 bits per heavy atom. The van der Waals surface area contributed by atoms with Crippen LogP contribution in [0.2, 0.25) is 0 Å². The van der Waals surface area contributed by atoms with Crippen molar-refractivity contribution in [2.24, 2.45) is 5.92 Å². The molecule has 0 saturated heterocycles. The normalized spacial score (nSPS) is 23.0. The van der Waals surface area contributed by atoms with Crippen LogP contribution in [0.3, 0.4) is 0 Å². The number of aromatic carboxylic acids is 1. The predicted octanol–water partition coefficient (Wildman–Crippen LogP) is 4.16. The van der Waals surface area contributed by atoms with Crippen molar-refractivity contribution >= 4 is 11.7 Å². The summed E-state index contributed by atoms with van der Waals surface area (Å²) in [6.07, 6.45) is 7.61. The number of carbonyl (C=O) groups is 1. The first-order chi connectivity index (χ1) is 9.19. The molecule has 1 aliphatic rings. The van der Waals surface area contributed by atoms with Gasteiger partial charge in [0.15, 0.2) is 0 Å². The van der Waals surface area contributed by atoms with Gasteiger partial charge >= 0.3 is 5.97 Å². The van der Waals surface area contributed by atoms with E-state index in [1.165, 1.54) is 38.5 Å². The lowest BCUT2D eigenvalue weighted by molar-refractivity contribution is 0.0697. The smallest absolute Gasteiger partial charge is 0.335 e. The van der Waals surface area contributed by atoms with Crippen LogP contribution in [0.5, 0.6) is 0 Å². The Balaban J connectivity index is 1.88. The highest BCUT2D eigenvalue weighted by Crippen LogP contribution is 2.29. The molecule has 0 unspecified atom stereocenters. The van der Waals surface area contributed by atoms with E-state index in [4.69, 9.17) is 5.11 Å². The fourth-order valence-corrected chi connectivity index (χ4v) is 2.98. The van der Waals surface area contributed by atoms with Crippen LogP contribution in [0, 0.1) is 5.92 Å². The zero-order chi connectivity index (χ0) is 13.7. The van der Waals surface area contributed by atoms with E-state index >= 15 is 0 Å². The van der Waals surface area contributed by atoms with E-state index < -0.39 is 5.97 Å². The molecular formula is C16H23NO2. The van der Waals surface area contributed by atoms with Crippen molar-refractivity contribution in [3.63, 3.8) is 0 Å². The SMILES string of the molecule is CCCC1CCC(Nc2cccc(C(=O)O)c2)CC1. The third kappa shape index (κ3) is 3.98. The summed E-state index contributed by atoms with van der Waals surface area (Å²) in [4.78, 5) is 10.9. The molecule has 19 heavy (non-hydrogen) atoms. The van der Waals surface area contributed by atoms with Crippen LogP contribution in [0.4, 0.5) is 5.69 Å². The van der Waals surface area contributed by atoms with Crippen LogP contribution >= 0.6 is 0 Å². The van der Waals surface area contributed by atoms with Crippen molar-refractivity contribution in [2.75, 3.05) is 5.32 Å². The number of carboxylic acid groups (broad SMARTS) is 1. The van der Waals surface area contributed by atoms with Crippen LogP contribution in [-0.4, -0.2) is 17.1 Å². The molecule has 1 fully saturated rings. The summed E-state index contributed by atoms with van der Waals surface area (Å²) in [6.45, 7) is 2.25. The Morgan fingerprint density at radius 3 is 2.68 bits per heavy atom. The van der Waals surface area contributed by atoms with Gasteiger partial charge in [-0.25, -0.2) is 4.79 Å². The van der Waals surface area contributed by atoms with Gasteiger partial charge in [-0.3, -0.25) is 0 Å². The molecule has 1 aromatic rings. The van der Waals surface area contributed by atoms with Crippen molar-refractivity contribution in [1.29, 1.82) is 0 Å². The lowest BCUT2D eigenvalue weighted by atomic mass is 9.83. The third-order valence-corrected chi connectivity index (χ3v) is 4.02. The first kappa shape index (κ1) is 13.9. The van der Waals surface area contributed by atoms with Gasteiger partial charge in [0.25, 0.3) is 0 Å². The zero-order valence-electron chi connectivity index (χ0n) is 11.6. The topological polar surface area (TPSA) is 49.3 Å². The van der Waals surface area contributed by atoms with Crippen LogP contribution < -0.4 is 5.32 Å². The number of nitrogens with one attached hydrogen (secondary N) is 1. The van der Waals surface area contributed by atoms with E-state index in [9.17, 15) is 4.79 Å². The van der Waals surface area contributed by atoms with Gasteiger partial charge in [0.1, 0.15) is 0 Å². The number of rotatable bonds is 5. The predicted molar refractivity (Wildman–Crippen MR) is 77.7 cm³/mol. The molecule has 0 atom stereocenters. The Bertz CT molecular complexity index is 423. The molecule has 1 saturated carbocycles. The van der Waals surface area contributed by atoms with Crippen molar-refractivity contribution in [2.45, 2.75) is 51.5 Å². The minimum absolute atomic E-state index is 0.352. The summed E-state index contributed by atoms with van der Waals surface area (Å²) in [7, 11) is 0. The van der Waals surface area contributed by atoms with Crippen molar-refractivity contribution in [3.05, 3.63) is 29.8 Å². The Kier molecular flexibility index (Phi) is 4.83. The van der Waals surface area contributed by atoms with Gasteiger partial charge < -0.3 is 10.4 Å².